The van der Waals surface area contributed by atoms with Crippen LogP contribution in [0.1, 0.15) is 12.8 Å². The average molecular weight is 274 g/mol. The van der Waals surface area contributed by atoms with E-state index < -0.39 is 9.84 Å². The lowest BCUT2D eigenvalue weighted by Gasteiger charge is -2.31. The van der Waals surface area contributed by atoms with E-state index in [-0.39, 0.29) is 5.38 Å². The Morgan fingerprint density at radius 2 is 1.94 bits per heavy atom. The van der Waals surface area contributed by atoms with Gasteiger partial charge in [0.25, 0.3) is 0 Å². The quantitative estimate of drug-likeness (QED) is 0.776. The first-order valence-corrected chi connectivity index (χ1v) is 7.99. The molecule has 1 aromatic carbocycles. The Kier molecular flexibility index (Phi) is 3.64. The lowest BCUT2D eigenvalue weighted by Crippen LogP contribution is -2.35. The molecule has 1 unspecified atom stereocenters. The van der Waals surface area contributed by atoms with Crippen molar-refractivity contribution in [3.63, 3.8) is 0 Å². The molecule has 2 rings (SSSR count). The number of anilines is 1. The molecule has 0 saturated carbocycles. The minimum atomic E-state index is -3.11. The van der Waals surface area contributed by atoms with Crippen molar-refractivity contribution in [2.45, 2.75) is 23.1 Å². The Hall–Kier alpha value is -0.740. The van der Waals surface area contributed by atoms with Gasteiger partial charge in [-0.3, -0.25) is 0 Å². The van der Waals surface area contributed by atoms with Gasteiger partial charge < -0.3 is 4.90 Å². The first-order valence-electron chi connectivity index (χ1n) is 5.66. The van der Waals surface area contributed by atoms with E-state index in [1.165, 1.54) is 6.26 Å². The third-order valence-electron chi connectivity index (χ3n) is 2.99. The maximum atomic E-state index is 11.3. The van der Waals surface area contributed by atoms with Crippen molar-refractivity contribution < 1.29 is 8.42 Å². The fourth-order valence-electron chi connectivity index (χ4n) is 2.06. The molecule has 94 valence electrons. The van der Waals surface area contributed by atoms with Crippen LogP contribution in [0.25, 0.3) is 0 Å². The summed E-state index contributed by atoms with van der Waals surface area (Å²) in [6.07, 6.45) is 3.36. The van der Waals surface area contributed by atoms with Gasteiger partial charge in [0.05, 0.1) is 10.3 Å². The maximum absolute atomic E-state index is 11.3. The van der Waals surface area contributed by atoms with E-state index in [1.54, 1.807) is 12.1 Å². The Balaban J connectivity index is 2.18. The van der Waals surface area contributed by atoms with Gasteiger partial charge in [-0.2, -0.15) is 0 Å². The second-order valence-electron chi connectivity index (χ2n) is 4.45. The Morgan fingerprint density at radius 3 is 2.47 bits per heavy atom. The van der Waals surface area contributed by atoms with Gasteiger partial charge in [-0.25, -0.2) is 8.42 Å². The van der Waals surface area contributed by atoms with Crippen LogP contribution in [0.2, 0.25) is 0 Å². The number of alkyl halides is 1. The lowest BCUT2D eigenvalue weighted by atomic mass is 10.1. The summed E-state index contributed by atoms with van der Waals surface area (Å²) in [4.78, 5) is 2.56. The number of rotatable bonds is 2. The second kappa shape index (κ2) is 4.86. The largest absolute Gasteiger partial charge is 0.370 e. The first-order chi connectivity index (χ1) is 7.97. The van der Waals surface area contributed by atoms with Gasteiger partial charge in [0.1, 0.15) is 0 Å². The Morgan fingerprint density at radius 1 is 1.29 bits per heavy atom. The van der Waals surface area contributed by atoms with Crippen LogP contribution in [0, 0.1) is 0 Å². The van der Waals surface area contributed by atoms with Gasteiger partial charge in [0.2, 0.25) is 0 Å². The molecule has 0 aromatic heterocycles. The highest BCUT2D eigenvalue weighted by atomic mass is 35.5. The van der Waals surface area contributed by atoms with E-state index in [9.17, 15) is 8.42 Å². The van der Waals surface area contributed by atoms with Crippen LogP contribution in [0.5, 0.6) is 0 Å². The van der Waals surface area contributed by atoms with E-state index in [4.69, 9.17) is 11.6 Å². The summed E-state index contributed by atoms with van der Waals surface area (Å²) in [5.74, 6) is 0. The molecule has 1 aliphatic heterocycles. The Bertz CT molecular complexity index is 484. The van der Waals surface area contributed by atoms with Crippen molar-refractivity contribution in [3.05, 3.63) is 24.3 Å². The molecule has 1 aromatic rings. The number of hydrogen-bond acceptors (Lipinski definition) is 3. The van der Waals surface area contributed by atoms with Crippen molar-refractivity contribution in [2.24, 2.45) is 0 Å². The molecule has 17 heavy (non-hydrogen) atoms. The molecular weight excluding hydrogens is 258 g/mol. The molecule has 1 heterocycles. The predicted octanol–water partition coefficient (Wildman–Crippen LogP) is 2.30. The average Bonchev–Trinajstić information content (AvgIpc) is 2.28. The summed E-state index contributed by atoms with van der Waals surface area (Å²) in [6.45, 7) is 1.82. The zero-order valence-corrected chi connectivity index (χ0v) is 11.3. The molecule has 0 radical (unpaired) electrons. The number of halogens is 1. The van der Waals surface area contributed by atoms with Crippen LogP contribution in [-0.4, -0.2) is 33.1 Å². The number of piperidine rings is 1. The highest BCUT2D eigenvalue weighted by Crippen LogP contribution is 2.23. The van der Waals surface area contributed by atoms with Crippen molar-refractivity contribution >= 4 is 27.1 Å². The SMILES string of the molecule is CS(=O)(=O)c1ccc(N2CCCC(Cl)C2)cc1. The number of nitrogens with zero attached hydrogens (tertiary/aromatic N) is 1. The van der Waals surface area contributed by atoms with E-state index >= 15 is 0 Å². The minimum Gasteiger partial charge on any atom is -0.370 e. The van der Waals surface area contributed by atoms with E-state index in [1.807, 2.05) is 12.1 Å². The van der Waals surface area contributed by atoms with E-state index in [2.05, 4.69) is 4.90 Å². The maximum Gasteiger partial charge on any atom is 0.175 e. The van der Waals surface area contributed by atoms with Gasteiger partial charge in [0, 0.05) is 25.0 Å². The van der Waals surface area contributed by atoms with Gasteiger partial charge in [-0.1, -0.05) is 0 Å². The molecule has 3 nitrogen and oxygen atoms in total. The van der Waals surface area contributed by atoms with E-state index in [0.29, 0.717) is 4.90 Å². The fraction of sp³-hybridized carbons (Fsp3) is 0.500. The van der Waals surface area contributed by atoms with Crippen LogP contribution in [0.3, 0.4) is 0 Å². The molecule has 0 bridgehead atoms. The standard InChI is InChI=1S/C12H16ClNO2S/c1-17(15,16)12-6-4-11(5-7-12)14-8-2-3-10(13)9-14/h4-7,10H,2-3,8-9H2,1H3. The van der Waals surface area contributed by atoms with Crippen LogP contribution in [-0.2, 0) is 9.84 Å². The number of sulfone groups is 1. The van der Waals surface area contributed by atoms with Gasteiger partial charge in [-0.15, -0.1) is 11.6 Å². The summed E-state index contributed by atoms with van der Waals surface area (Å²) in [7, 11) is -3.11. The van der Waals surface area contributed by atoms with Crippen LogP contribution < -0.4 is 4.90 Å². The fourth-order valence-corrected chi connectivity index (χ4v) is 3.02. The highest BCUT2D eigenvalue weighted by molar-refractivity contribution is 7.90. The molecule has 0 spiro atoms. The zero-order chi connectivity index (χ0) is 12.5. The van der Waals surface area contributed by atoms with Gasteiger partial charge in [0.15, 0.2) is 9.84 Å². The highest BCUT2D eigenvalue weighted by Gasteiger charge is 2.18. The summed E-state index contributed by atoms with van der Waals surface area (Å²) in [5, 5.41) is 0.193. The third-order valence-corrected chi connectivity index (χ3v) is 4.48. The van der Waals surface area contributed by atoms with Gasteiger partial charge >= 0.3 is 0 Å². The van der Waals surface area contributed by atoms with Crippen LogP contribution in [0.15, 0.2) is 29.2 Å². The molecular formula is C12H16ClNO2S. The Labute approximate surface area is 107 Å². The molecule has 1 atom stereocenters. The summed E-state index contributed by atoms with van der Waals surface area (Å²) in [6, 6.07) is 7.02. The first kappa shape index (κ1) is 12.7. The molecule has 1 aliphatic rings. The predicted molar refractivity (Wildman–Crippen MR) is 70.6 cm³/mol. The van der Waals surface area contributed by atoms with Gasteiger partial charge in [-0.05, 0) is 37.1 Å². The molecule has 1 saturated heterocycles. The third kappa shape index (κ3) is 3.13. The topological polar surface area (TPSA) is 37.4 Å². The minimum absolute atomic E-state index is 0.193. The molecule has 1 fully saturated rings. The monoisotopic (exact) mass is 273 g/mol. The second-order valence-corrected chi connectivity index (χ2v) is 7.08. The van der Waals surface area contributed by atoms with E-state index in [0.717, 1.165) is 31.6 Å². The van der Waals surface area contributed by atoms with Crippen LogP contribution in [0.4, 0.5) is 5.69 Å². The van der Waals surface area contributed by atoms with Crippen LogP contribution >= 0.6 is 11.6 Å². The smallest absolute Gasteiger partial charge is 0.175 e. The molecule has 5 heteroatoms. The molecule has 0 aliphatic carbocycles. The summed E-state index contributed by atoms with van der Waals surface area (Å²) >= 11 is 6.13. The zero-order valence-electron chi connectivity index (χ0n) is 9.77. The number of hydrogen-bond donors (Lipinski definition) is 0. The normalized spacial score (nSPS) is 21.5. The summed E-state index contributed by atoms with van der Waals surface area (Å²) < 4.78 is 22.7. The summed E-state index contributed by atoms with van der Waals surface area (Å²) in [5.41, 5.74) is 1.04. The van der Waals surface area contributed by atoms with Crippen molar-refractivity contribution in [2.75, 3.05) is 24.2 Å². The molecule has 0 N–H and O–H groups in total. The van der Waals surface area contributed by atoms with Crippen molar-refractivity contribution in [3.8, 4) is 0 Å². The lowest BCUT2D eigenvalue weighted by molar-refractivity contribution is 0.584. The number of benzene rings is 1. The van der Waals surface area contributed by atoms with Crippen molar-refractivity contribution in [1.82, 2.24) is 0 Å². The van der Waals surface area contributed by atoms with Crippen molar-refractivity contribution in [1.29, 1.82) is 0 Å². The molecule has 0 amide bonds.